The van der Waals surface area contributed by atoms with Gasteiger partial charge in [0.1, 0.15) is 5.58 Å². The zero-order valence-corrected chi connectivity index (χ0v) is 11.6. The summed E-state index contributed by atoms with van der Waals surface area (Å²) in [5.74, 6) is 0. The number of rotatable bonds is 2. The number of benzene rings is 2. The van der Waals surface area contributed by atoms with Crippen LogP contribution in [0.15, 0.2) is 82.4 Å². The summed E-state index contributed by atoms with van der Waals surface area (Å²) in [5.41, 5.74) is 2.26. The van der Waals surface area contributed by atoms with Crippen molar-refractivity contribution < 1.29 is 4.42 Å². The minimum atomic E-state index is -0.378. The normalized spacial score (nSPS) is 10.9. The standard InChI is InChI=1S/C18H12N2O2/c21-18-15(10-13-6-4-5-9-17(13)22-18)16-11-20(12-19-16)14-7-2-1-3-8-14/h1-12H. The molecular weight excluding hydrogens is 276 g/mol. The summed E-state index contributed by atoms with van der Waals surface area (Å²) in [6.07, 6.45) is 3.52. The Morgan fingerprint density at radius 3 is 2.59 bits per heavy atom. The van der Waals surface area contributed by atoms with E-state index in [1.165, 1.54) is 0 Å². The van der Waals surface area contributed by atoms with Crippen LogP contribution in [-0.4, -0.2) is 9.55 Å². The van der Waals surface area contributed by atoms with Crippen LogP contribution in [0.4, 0.5) is 0 Å². The average molecular weight is 288 g/mol. The van der Waals surface area contributed by atoms with Gasteiger partial charge in [0.15, 0.2) is 0 Å². The van der Waals surface area contributed by atoms with E-state index in [1.807, 2.05) is 65.4 Å². The number of hydrogen-bond donors (Lipinski definition) is 0. The van der Waals surface area contributed by atoms with Crippen LogP contribution in [0.3, 0.4) is 0 Å². The molecule has 2 aromatic carbocycles. The predicted octanol–water partition coefficient (Wildman–Crippen LogP) is 3.65. The van der Waals surface area contributed by atoms with Gasteiger partial charge in [-0.15, -0.1) is 0 Å². The minimum Gasteiger partial charge on any atom is -0.422 e. The van der Waals surface area contributed by atoms with Gasteiger partial charge in [-0.05, 0) is 24.3 Å². The molecule has 0 aliphatic heterocycles. The Balaban J connectivity index is 1.84. The molecule has 0 aliphatic carbocycles. The molecule has 0 N–H and O–H groups in total. The maximum atomic E-state index is 12.2. The van der Waals surface area contributed by atoms with Crippen molar-refractivity contribution in [2.75, 3.05) is 0 Å². The van der Waals surface area contributed by atoms with Gasteiger partial charge in [0, 0.05) is 17.3 Å². The van der Waals surface area contributed by atoms with E-state index >= 15 is 0 Å². The van der Waals surface area contributed by atoms with Crippen molar-refractivity contribution in [2.45, 2.75) is 0 Å². The lowest BCUT2D eigenvalue weighted by atomic mass is 10.1. The van der Waals surface area contributed by atoms with E-state index in [9.17, 15) is 4.79 Å². The van der Waals surface area contributed by atoms with Crippen molar-refractivity contribution in [3.63, 3.8) is 0 Å². The highest BCUT2D eigenvalue weighted by molar-refractivity contribution is 5.80. The zero-order valence-electron chi connectivity index (χ0n) is 11.6. The van der Waals surface area contributed by atoms with Crippen molar-refractivity contribution in [1.82, 2.24) is 9.55 Å². The largest absolute Gasteiger partial charge is 0.422 e. The van der Waals surface area contributed by atoms with Crippen molar-refractivity contribution >= 4 is 11.0 Å². The van der Waals surface area contributed by atoms with E-state index < -0.39 is 0 Å². The Kier molecular flexibility index (Phi) is 2.86. The van der Waals surface area contributed by atoms with Crippen LogP contribution in [0.5, 0.6) is 0 Å². The third kappa shape index (κ3) is 2.11. The second-order valence-electron chi connectivity index (χ2n) is 4.99. The number of nitrogens with zero attached hydrogens (tertiary/aromatic N) is 2. The van der Waals surface area contributed by atoms with Crippen LogP contribution >= 0.6 is 0 Å². The molecule has 0 amide bonds. The number of aromatic nitrogens is 2. The van der Waals surface area contributed by atoms with Crippen LogP contribution < -0.4 is 5.63 Å². The smallest absolute Gasteiger partial charge is 0.345 e. The summed E-state index contributed by atoms with van der Waals surface area (Å²) in [4.78, 5) is 16.5. The van der Waals surface area contributed by atoms with Crippen LogP contribution in [0.1, 0.15) is 0 Å². The first-order valence-electron chi connectivity index (χ1n) is 6.94. The van der Waals surface area contributed by atoms with E-state index in [1.54, 1.807) is 12.4 Å². The SMILES string of the molecule is O=c1oc2ccccc2cc1-c1cn(-c2ccccc2)cn1. The fraction of sp³-hybridized carbons (Fsp3) is 0. The molecule has 106 valence electrons. The number of imidazole rings is 1. The number of hydrogen-bond acceptors (Lipinski definition) is 3. The minimum absolute atomic E-state index is 0.378. The van der Waals surface area contributed by atoms with Gasteiger partial charge < -0.3 is 8.98 Å². The van der Waals surface area contributed by atoms with Crippen molar-refractivity contribution in [2.24, 2.45) is 0 Å². The molecule has 0 fully saturated rings. The molecule has 0 aliphatic rings. The van der Waals surface area contributed by atoms with Gasteiger partial charge in [0.05, 0.1) is 17.6 Å². The summed E-state index contributed by atoms with van der Waals surface area (Å²) in [6, 6.07) is 19.1. The lowest BCUT2D eigenvalue weighted by molar-refractivity contribution is 0.563. The molecule has 4 aromatic rings. The third-order valence-corrected chi connectivity index (χ3v) is 3.55. The predicted molar refractivity (Wildman–Crippen MR) is 85.0 cm³/mol. The van der Waals surface area contributed by atoms with Crippen molar-refractivity contribution in [3.8, 4) is 16.9 Å². The average Bonchev–Trinajstić information content (AvgIpc) is 3.05. The van der Waals surface area contributed by atoms with Crippen molar-refractivity contribution in [3.05, 3.63) is 83.6 Å². The summed E-state index contributed by atoms with van der Waals surface area (Å²) < 4.78 is 7.24. The van der Waals surface area contributed by atoms with Gasteiger partial charge in [0.2, 0.25) is 0 Å². The fourth-order valence-corrected chi connectivity index (χ4v) is 2.44. The van der Waals surface area contributed by atoms with Gasteiger partial charge in [-0.25, -0.2) is 9.78 Å². The summed E-state index contributed by atoms with van der Waals surface area (Å²) in [7, 11) is 0. The number of para-hydroxylation sites is 2. The molecule has 4 rings (SSSR count). The molecule has 0 saturated carbocycles. The van der Waals surface area contributed by atoms with E-state index in [-0.39, 0.29) is 5.63 Å². The molecule has 2 heterocycles. The Labute approximate surface area is 126 Å². The van der Waals surface area contributed by atoms with Crippen LogP contribution in [0.2, 0.25) is 0 Å². The Morgan fingerprint density at radius 1 is 0.955 bits per heavy atom. The Morgan fingerprint density at radius 2 is 1.73 bits per heavy atom. The topological polar surface area (TPSA) is 48.0 Å². The molecule has 2 aromatic heterocycles. The second kappa shape index (κ2) is 5.00. The molecule has 0 atom stereocenters. The second-order valence-corrected chi connectivity index (χ2v) is 4.99. The zero-order chi connectivity index (χ0) is 14.9. The summed E-state index contributed by atoms with van der Waals surface area (Å²) in [6.45, 7) is 0. The quantitative estimate of drug-likeness (QED) is 0.529. The lowest BCUT2D eigenvalue weighted by Gasteiger charge is -2.00. The first-order chi connectivity index (χ1) is 10.8. The van der Waals surface area contributed by atoms with Gasteiger partial charge in [-0.1, -0.05) is 36.4 Å². The number of fused-ring (bicyclic) bond motifs is 1. The maximum Gasteiger partial charge on any atom is 0.345 e. The Hall–Kier alpha value is -3.14. The molecule has 0 saturated heterocycles. The molecule has 4 nitrogen and oxygen atoms in total. The van der Waals surface area contributed by atoms with Gasteiger partial charge in [-0.2, -0.15) is 0 Å². The molecule has 0 radical (unpaired) electrons. The third-order valence-electron chi connectivity index (χ3n) is 3.55. The highest BCUT2D eigenvalue weighted by atomic mass is 16.4. The Bertz CT molecular complexity index is 1000. The van der Waals surface area contributed by atoms with Gasteiger partial charge in [0.25, 0.3) is 0 Å². The highest BCUT2D eigenvalue weighted by Gasteiger charge is 2.10. The molecule has 0 spiro atoms. The summed E-state index contributed by atoms with van der Waals surface area (Å²) >= 11 is 0. The van der Waals surface area contributed by atoms with Crippen LogP contribution in [0.25, 0.3) is 27.9 Å². The molecule has 22 heavy (non-hydrogen) atoms. The van der Waals surface area contributed by atoms with Gasteiger partial charge >= 0.3 is 5.63 Å². The van der Waals surface area contributed by atoms with E-state index in [2.05, 4.69) is 4.98 Å². The van der Waals surface area contributed by atoms with E-state index in [0.717, 1.165) is 11.1 Å². The monoisotopic (exact) mass is 288 g/mol. The fourth-order valence-electron chi connectivity index (χ4n) is 2.44. The highest BCUT2D eigenvalue weighted by Crippen LogP contribution is 2.20. The van der Waals surface area contributed by atoms with Crippen LogP contribution in [0, 0.1) is 0 Å². The lowest BCUT2D eigenvalue weighted by Crippen LogP contribution is -2.02. The molecular formula is C18H12N2O2. The first-order valence-corrected chi connectivity index (χ1v) is 6.94. The molecule has 0 unspecified atom stereocenters. The van der Waals surface area contributed by atoms with E-state index in [0.29, 0.717) is 16.8 Å². The van der Waals surface area contributed by atoms with Crippen LogP contribution in [-0.2, 0) is 0 Å². The first kappa shape index (κ1) is 12.6. The maximum absolute atomic E-state index is 12.2. The molecule has 0 bridgehead atoms. The molecule has 4 heteroatoms. The van der Waals surface area contributed by atoms with Crippen molar-refractivity contribution in [1.29, 1.82) is 0 Å². The summed E-state index contributed by atoms with van der Waals surface area (Å²) in [5, 5.41) is 0.881. The van der Waals surface area contributed by atoms with Gasteiger partial charge in [-0.3, -0.25) is 0 Å². The van der Waals surface area contributed by atoms with E-state index in [4.69, 9.17) is 4.42 Å².